The smallest absolute Gasteiger partial charge is 0.343 e. The molecule has 0 saturated heterocycles. The van der Waals surface area contributed by atoms with Crippen LogP contribution in [0.25, 0.3) is 11.3 Å². The molecule has 0 aliphatic heterocycles. The van der Waals surface area contributed by atoms with E-state index in [1.54, 1.807) is 18.2 Å². The van der Waals surface area contributed by atoms with E-state index in [4.69, 9.17) is 32.5 Å². The van der Waals surface area contributed by atoms with E-state index in [1.807, 2.05) is 6.92 Å². The molecule has 0 spiro atoms. The Hall–Kier alpha value is -1.52. The zero-order valence-corrected chi connectivity index (χ0v) is 12.6. The summed E-state index contributed by atoms with van der Waals surface area (Å²) in [4.78, 5) is 12.0. The van der Waals surface area contributed by atoms with Crippen molar-refractivity contribution in [3.63, 3.8) is 0 Å². The van der Waals surface area contributed by atoms with Crippen molar-refractivity contribution in [3.8, 4) is 11.3 Å². The zero-order valence-electron chi connectivity index (χ0n) is 11.1. The number of hydrogen-bond donors (Lipinski definition) is 0. The molecule has 0 atom stereocenters. The second-order valence-electron chi connectivity index (χ2n) is 4.17. The van der Waals surface area contributed by atoms with E-state index in [2.05, 4.69) is 5.16 Å². The van der Waals surface area contributed by atoms with Gasteiger partial charge in [-0.2, -0.15) is 0 Å². The molecule has 4 nitrogen and oxygen atoms in total. The Kier molecular flexibility index (Phi) is 4.68. The second-order valence-corrected chi connectivity index (χ2v) is 4.98. The minimum absolute atomic E-state index is 0.282. The van der Waals surface area contributed by atoms with Gasteiger partial charge in [0.2, 0.25) is 0 Å². The molecule has 1 heterocycles. The van der Waals surface area contributed by atoms with Crippen molar-refractivity contribution in [2.24, 2.45) is 0 Å². The monoisotopic (exact) mass is 313 g/mol. The zero-order chi connectivity index (χ0) is 14.7. The molecule has 1 aromatic carbocycles. The highest BCUT2D eigenvalue weighted by Gasteiger charge is 2.26. The first-order valence-electron chi connectivity index (χ1n) is 6.11. The predicted octanol–water partition coefficient (Wildman–Crippen LogP) is 4.39. The molecule has 2 aromatic rings. The summed E-state index contributed by atoms with van der Waals surface area (Å²) in [5.74, 6) is -0.0361. The van der Waals surface area contributed by atoms with Gasteiger partial charge in [-0.3, -0.25) is 0 Å². The summed E-state index contributed by atoms with van der Waals surface area (Å²) in [7, 11) is 1.31. The van der Waals surface area contributed by atoms with Crippen LogP contribution in [-0.4, -0.2) is 18.2 Å². The molecule has 1 aromatic heterocycles. The van der Waals surface area contributed by atoms with Crippen LogP contribution in [-0.2, 0) is 11.2 Å². The molecule has 0 saturated carbocycles. The lowest BCUT2D eigenvalue weighted by Gasteiger charge is -2.05. The van der Waals surface area contributed by atoms with Crippen molar-refractivity contribution in [1.29, 1.82) is 0 Å². The van der Waals surface area contributed by atoms with Gasteiger partial charge in [0, 0.05) is 12.0 Å². The van der Waals surface area contributed by atoms with Crippen LogP contribution in [0.4, 0.5) is 0 Å². The van der Waals surface area contributed by atoms with Gasteiger partial charge in [-0.15, -0.1) is 0 Å². The molecule has 0 N–H and O–H groups in total. The first kappa shape index (κ1) is 14.9. The van der Waals surface area contributed by atoms with Crippen LogP contribution < -0.4 is 0 Å². The van der Waals surface area contributed by atoms with E-state index >= 15 is 0 Å². The summed E-state index contributed by atoms with van der Waals surface area (Å²) < 4.78 is 10.1. The molecule has 2 rings (SSSR count). The molecular weight excluding hydrogens is 301 g/mol. The van der Waals surface area contributed by atoms with Crippen LogP contribution in [0.15, 0.2) is 22.7 Å². The number of aromatic nitrogens is 1. The summed E-state index contributed by atoms with van der Waals surface area (Å²) in [6.45, 7) is 1.98. The van der Waals surface area contributed by atoms with Gasteiger partial charge in [0.05, 0.1) is 17.2 Å². The third kappa shape index (κ3) is 2.67. The molecule has 20 heavy (non-hydrogen) atoms. The van der Waals surface area contributed by atoms with Crippen molar-refractivity contribution in [1.82, 2.24) is 5.16 Å². The Morgan fingerprint density at radius 1 is 1.35 bits per heavy atom. The SMILES string of the molecule is CCCc1onc(-c2c(Cl)cccc2Cl)c1C(=O)OC. The number of rotatable bonds is 4. The van der Waals surface area contributed by atoms with Crippen molar-refractivity contribution in [2.75, 3.05) is 7.11 Å². The number of carbonyl (C=O) groups is 1. The molecule has 0 bridgehead atoms. The Morgan fingerprint density at radius 3 is 2.55 bits per heavy atom. The van der Waals surface area contributed by atoms with Gasteiger partial charge in [0.15, 0.2) is 5.76 Å². The lowest BCUT2D eigenvalue weighted by molar-refractivity contribution is 0.0599. The standard InChI is InChI=1S/C14H13Cl2NO3/c1-3-5-10-12(14(18)19-2)13(17-20-10)11-8(15)6-4-7-9(11)16/h4,6-7H,3,5H2,1-2H3. The highest BCUT2D eigenvalue weighted by atomic mass is 35.5. The highest BCUT2D eigenvalue weighted by Crippen LogP contribution is 2.37. The van der Waals surface area contributed by atoms with Crippen molar-refractivity contribution < 1.29 is 14.1 Å². The quantitative estimate of drug-likeness (QED) is 0.786. The molecule has 6 heteroatoms. The minimum atomic E-state index is -0.513. The first-order chi connectivity index (χ1) is 9.60. The number of esters is 1. The predicted molar refractivity (Wildman–Crippen MR) is 77.3 cm³/mol. The molecule has 0 amide bonds. The Labute approximate surface area is 126 Å². The average Bonchev–Trinajstić information content (AvgIpc) is 2.82. The first-order valence-corrected chi connectivity index (χ1v) is 6.87. The number of methoxy groups -OCH3 is 1. The van der Waals surface area contributed by atoms with Gasteiger partial charge >= 0.3 is 5.97 Å². The topological polar surface area (TPSA) is 52.3 Å². The van der Waals surface area contributed by atoms with Crippen molar-refractivity contribution >= 4 is 29.2 Å². The third-order valence-electron chi connectivity index (χ3n) is 2.83. The molecule has 0 aliphatic rings. The molecule has 0 radical (unpaired) electrons. The second kappa shape index (κ2) is 6.29. The molecule has 0 aliphatic carbocycles. The van der Waals surface area contributed by atoms with Gasteiger partial charge in [-0.1, -0.05) is 41.3 Å². The number of hydrogen-bond acceptors (Lipinski definition) is 4. The Bertz CT molecular complexity index is 617. The van der Waals surface area contributed by atoms with Crippen LogP contribution in [0, 0.1) is 0 Å². The van der Waals surface area contributed by atoms with Gasteiger partial charge in [-0.05, 0) is 18.6 Å². The van der Waals surface area contributed by atoms with Crippen LogP contribution in [0.2, 0.25) is 10.0 Å². The Balaban J connectivity index is 2.65. The third-order valence-corrected chi connectivity index (χ3v) is 3.46. The fourth-order valence-electron chi connectivity index (χ4n) is 1.93. The molecular formula is C14H13Cl2NO3. The average molecular weight is 314 g/mol. The van der Waals surface area contributed by atoms with Crippen molar-refractivity contribution in [3.05, 3.63) is 39.6 Å². The van der Waals surface area contributed by atoms with Crippen LogP contribution in [0.1, 0.15) is 29.5 Å². The number of carbonyl (C=O) groups excluding carboxylic acids is 1. The number of benzene rings is 1. The van der Waals surface area contributed by atoms with Gasteiger partial charge < -0.3 is 9.26 Å². The minimum Gasteiger partial charge on any atom is -0.465 e. The van der Waals surface area contributed by atoms with E-state index < -0.39 is 5.97 Å². The summed E-state index contributed by atoms with van der Waals surface area (Å²) in [5, 5.41) is 4.75. The fraction of sp³-hybridized carbons (Fsp3) is 0.286. The maximum absolute atomic E-state index is 12.0. The number of ether oxygens (including phenoxy) is 1. The maximum Gasteiger partial charge on any atom is 0.343 e. The summed E-state index contributed by atoms with van der Waals surface area (Å²) in [6, 6.07) is 5.08. The van der Waals surface area contributed by atoms with E-state index in [0.717, 1.165) is 6.42 Å². The summed E-state index contributed by atoms with van der Waals surface area (Å²) >= 11 is 12.3. The lowest BCUT2D eigenvalue weighted by atomic mass is 10.0. The van der Waals surface area contributed by atoms with E-state index in [9.17, 15) is 4.79 Å². The summed E-state index contributed by atoms with van der Waals surface area (Å²) in [6.07, 6.45) is 1.40. The normalized spacial score (nSPS) is 10.6. The number of aryl methyl sites for hydroxylation is 1. The van der Waals surface area contributed by atoms with Crippen LogP contribution >= 0.6 is 23.2 Å². The maximum atomic E-state index is 12.0. The van der Waals surface area contributed by atoms with Crippen LogP contribution in [0.5, 0.6) is 0 Å². The molecule has 0 unspecified atom stereocenters. The summed E-state index contributed by atoms with van der Waals surface area (Å²) in [5.41, 5.74) is 1.07. The van der Waals surface area contributed by atoms with Gasteiger partial charge in [0.1, 0.15) is 11.3 Å². The Morgan fingerprint density at radius 2 is 2.00 bits per heavy atom. The van der Waals surface area contributed by atoms with Crippen LogP contribution in [0.3, 0.4) is 0 Å². The van der Waals surface area contributed by atoms with E-state index in [1.165, 1.54) is 7.11 Å². The van der Waals surface area contributed by atoms with E-state index in [0.29, 0.717) is 33.5 Å². The number of nitrogens with zero attached hydrogens (tertiary/aromatic N) is 1. The van der Waals surface area contributed by atoms with Crippen molar-refractivity contribution in [2.45, 2.75) is 19.8 Å². The highest BCUT2D eigenvalue weighted by molar-refractivity contribution is 6.39. The fourth-order valence-corrected chi connectivity index (χ4v) is 2.51. The largest absolute Gasteiger partial charge is 0.465 e. The van der Waals surface area contributed by atoms with Gasteiger partial charge in [-0.25, -0.2) is 4.79 Å². The van der Waals surface area contributed by atoms with E-state index in [-0.39, 0.29) is 5.56 Å². The van der Waals surface area contributed by atoms with Gasteiger partial charge in [0.25, 0.3) is 0 Å². The lowest BCUT2D eigenvalue weighted by Crippen LogP contribution is -2.05. The molecule has 106 valence electrons. The molecule has 0 fully saturated rings. The number of halogens is 2.